The quantitative estimate of drug-likeness (QED) is 0.566. The van der Waals surface area contributed by atoms with Crippen LogP contribution in [0.5, 0.6) is 0 Å². The molecule has 0 saturated carbocycles. The molecule has 0 spiro atoms. The highest BCUT2D eigenvalue weighted by atomic mass is 35.5. The van der Waals surface area contributed by atoms with Gasteiger partial charge in [-0.25, -0.2) is 0 Å². The number of hydrogen-bond acceptors (Lipinski definition) is 1. The number of rotatable bonds is 5. The summed E-state index contributed by atoms with van der Waals surface area (Å²) in [4.78, 5) is 0. The molecule has 13 heavy (non-hydrogen) atoms. The van der Waals surface area contributed by atoms with Crippen molar-refractivity contribution >= 4 is 11.6 Å². The van der Waals surface area contributed by atoms with E-state index in [4.69, 9.17) is 11.6 Å². The Kier molecular flexibility index (Phi) is 4.87. The van der Waals surface area contributed by atoms with Crippen molar-refractivity contribution in [2.75, 3.05) is 12.4 Å². The van der Waals surface area contributed by atoms with Crippen LogP contribution in [0.2, 0.25) is 0 Å². The minimum atomic E-state index is 0.421. The molecule has 1 aromatic rings. The van der Waals surface area contributed by atoms with Crippen LogP contribution in [-0.4, -0.2) is 12.4 Å². The smallest absolute Gasteiger partial charge is 0.0291 e. The lowest BCUT2D eigenvalue weighted by molar-refractivity contribution is 0.572. The lowest BCUT2D eigenvalue weighted by Gasteiger charge is -2.13. The second kappa shape index (κ2) is 6.01. The van der Waals surface area contributed by atoms with Crippen LogP contribution in [0.25, 0.3) is 0 Å². The fraction of sp³-hybridized carbons (Fsp3) is 0.455. The maximum absolute atomic E-state index is 5.59. The zero-order valence-corrected chi connectivity index (χ0v) is 8.72. The first kappa shape index (κ1) is 10.6. The molecule has 0 radical (unpaired) electrons. The molecule has 0 aromatic heterocycles. The number of hydrogen-bond donors (Lipinski definition) is 1. The first-order chi connectivity index (χ1) is 6.34. The van der Waals surface area contributed by atoms with Crippen LogP contribution in [0.15, 0.2) is 30.3 Å². The van der Waals surface area contributed by atoms with Crippen molar-refractivity contribution in [3.05, 3.63) is 35.9 Å². The Balaban J connectivity index is 2.35. The third-order valence-electron chi connectivity index (χ3n) is 2.06. The highest BCUT2D eigenvalue weighted by Crippen LogP contribution is 2.10. The topological polar surface area (TPSA) is 12.0 Å². The van der Waals surface area contributed by atoms with Gasteiger partial charge in [-0.2, -0.15) is 0 Å². The molecule has 1 nitrogen and oxygen atoms in total. The Bertz CT molecular complexity index is 223. The second-order valence-electron chi connectivity index (χ2n) is 3.13. The van der Waals surface area contributed by atoms with Gasteiger partial charge in [0.25, 0.3) is 0 Å². The fourth-order valence-electron chi connectivity index (χ4n) is 1.24. The molecule has 0 aliphatic heterocycles. The number of halogens is 1. The van der Waals surface area contributed by atoms with Crippen molar-refractivity contribution in [2.24, 2.45) is 0 Å². The van der Waals surface area contributed by atoms with Crippen LogP contribution >= 0.6 is 11.6 Å². The van der Waals surface area contributed by atoms with E-state index >= 15 is 0 Å². The van der Waals surface area contributed by atoms with E-state index in [-0.39, 0.29) is 0 Å². The normalized spacial score (nSPS) is 12.8. The molecule has 1 N–H and O–H groups in total. The van der Waals surface area contributed by atoms with Gasteiger partial charge >= 0.3 is 0 Å². The highest BCUT2D eigenvalue weighted by molar-refractivity contribution is 6.17. The summed E-state index contributed by atoms with van der Waals surface area (Å²) in [5, 5.41) is 3.42. The molecule has 1 rings (SSSR count). The maximum Gasteiger partial charge on any atom is 0.0291 e. The van der Waals surface area contributed by atoms with Gasteiger partial charge in [-0.15, -0.1) is 11.6 Å². The van der Waals surface area contributed by atoms with E-state index in [0.717, 1.165) is 18.8 Å². The zero-order chi connectivity index (χ0) is 9.52. The molecule has 0 saturated heterocycles. The largest absolute Gasteiger partial charge is 0.310 e. The van der Waals surface area contributed by atoms with Crippen LogP contribution in [0.3, 0.4) is 0 Å². The van der Waals surface area contributed by atoms with Crippen molar-refractivity contribution in [3.63, 3.8) is 0 Å². The summed E-state index contributed by atoms with van der Waals surface area (Å²) in [7, 11) is 0. The van der Waals surface area contributed by atoms with E-state index in [2.05, 4.69) is 36.5 Å². The molecule has 0 aliphatic carbocycles. The first-order valence-corrected chi connectivity index (χ1v) is 5.22. The maximum atomic E-state index is 5.59. The Morgan fingerprint density at radius 3 is 2.62 bits per heavy atom. The van der Waals surface area contributed by atoms with Crippen LogP contribution in [0.1, 0.15) is 24.9 Å². The van der Waals surface area contributed by atoms with E-state index in [9.17, 15) is 0 Å². The lowest BCUT2D eigenvalue weighted by Crippen LogP contribution is -2.19. The van der Waals surface area contributed by atoms with E-state index in [1.165, 1.54) is 5.56 Å². The van der Waals surface area contributed by atoms with Crippen molar-refractivity contribution in [1.82, 2.24) is 5.32 Å². The SMILES string of the molecule is C[C@@H](NCCCCl)c1ccccc1. The van der Waals surface area contributed by atoms with Crippen LogP contribution in [-0.2, 0) is 0 Å². The molecule has 0 heterocycles. The predicted molar refractivity (Wildman–Crippen MR) is 58.2 cm³/mol. The average molecular weight is 198 g/mol. The summed E-state index contributed by atoms with van der Waals surface area (Å²) in [6.07, 6.45) is 1.03. The Morgan fingerprint density at radius 2 is 2.00 bits per heavy atom. The average Bonchev–Trinajstić information content (AvgIpc) is 2.19. The van der Waals surface area contributed by atoms with Crippen molar-refractivity contribution in [3.8, 4) is 0 Å². The van der Waals surface area contributed by atoms with E-state index in [0.29, 0.717) is 6.04 Å². The van der Waals surface area contributed by atoms with Crippen molar-refractivity contribution < 1.29 is 0 Å². The number of alkyl halides is 1. The molecular formula is C11H16ClN. The molecule has 0 amide bonds. The number of benzene rings is 1. The fourth-order valence-corrected chi connectivity index (χ4v) is 1.38. The summed E-state index contributed by atoms with van der Waals surface area (Å²) in [6.45, 7) is 3.16. The van der Waals surface area contributed by atoms with E-state index < -0.39 is 0 Å². The molecule has 1 aromatic carbocycles. The molecule has 0 fully saturated rings. The van der Waals surface area contributed by atoms with Gasteiger partial charge in [-0.3, -0.25) is 0 Å². The lowest BCUT2D eigenvalue weighted by atomic mass is 10.1. The summed E-state index contributed by atoms with van der Waals surface area (Å²) in [5.74, 6) is 0.731. The predicted octanol–water partition coefficient (Wildman–Crippen LogP) is 2.97. The van der Waals surface area contributed by atoms with Gasteiger partial charge in [0.1, 0.15) is 0 Å². The van der Waals surface area contributed by atoms with Crippen LogP contribution in [0.4, 0.5) is 0 Å². The van der Waals surface area contributed by atoms with Crippen LogP contribution in [0, 0.1) is 0 Å². The number of nitrogens with one attached hydrogen (secondary N) is 1. The second-order valence-corrected chi connectivity index (χ2v) is 3.51. The molecule has 72 valence electrons. The Labute approximate surface area is 85.1 Å². The summed E-state index contributed by atoms with van der Waals surface area (Å²) in [5.41, 5.74) is 1.33. The minimum absolute atomic E-state index is 0.421. The van der Waals surface area contributed by atoms with E-state index in [1.54, 1.807) is 0 Å². The van der Waals surface area contributed by atoms with Gasteiger partial charge in [-0.1, -0.05) is 30.3 Å². The monoisotopic (exact) mass is 197 g/mol. The van der Waals surface area contributed by atoms with Gasteiger partial charge in [0.15, 0.2) is 0 Å². The highest BCUT2D eigenvalue weighted by Gasteiger charge is 2.01. The molecule has 0 bridgehead atoms. The van der Waals surface area contributed by atoms with Gasteiger partial charge < -0.3 is 5.32 Å². The Hall–Kier alpha value is -0.530. The minimum Gasteiger partial charge on any atom is -0.310 e. The molecule has 0 aliphatic rings. The molecular weight excluding hydrogens is 182 g/mol. The van der Waals surface area contributed by atoms with Gasteiger partial charge in [0.05, 0.1) is 0 Å². The van der Waals surface area contributed by atoms with Gasteiger partial charge in [-0.05, 0) is 25.5 Å². The van der Waals surface area contributed by atoms with Gasteiger partial charge in [0.2, 0.25) is 0 Å². The summed E-state index contributed by atoms with van der Waals surface area (Å²) >= 11 is 5.59. The van der Waals surface area contributed by atoms with Crippen LogP contribution < -0.4 is 5.32 Å². The molecule has 2 heteroatoms. The van der Waals surface area contributed by atoms with Crippen molar-refractivity contribution in [2.45, 2.75) is 19.4 Å². The standard InChI is InChI=1S/C11H16ClN/c1-10(13-9-5-8-12)11-6-3-2-4-7-11/h2-4,6-7,10,13H,5,8-9H2,1H3/t10-/m1/s1. The summed E-state index contributed by atoms with van der Waals surface area (Å²) in [6, 6.07) is 10.9. The Morgan fingerprint density at radius 1 is 1.31 bits per heavy atom. The third-order valence-corrected chi connectivity index (χ3v) is 2.33. The molecule has 1 atom stereocenters. The third kappa shape index (κ3) is 3.79. The van der Waals surface area contributed by atoms with E-state index in [1.807, 2.05) is 6.07 Å². The first-order valence-electron chi connectivity index (χ1n) is 4.69. The zero-order valence-electron chi connectivity index (χ0n) is 7.96. The molecule has 0 unspecified atom stereocenters. The van der Waals surface area contributed by atoms with Gasteiger partial charge in [0, 0.05) is 11.9 Å². The summed E-state index contributed by atoms with van der Waals surface area (Å²) < 4.78 is 0. The van der Waals surface area contributed by atoms with Crippen molar-refractivity contribution in [1.29, 1.82) is 0 Å².